The first-order chi connectivity index (χ1) is 15.2. The number of carbonyl (C=O) groups is 2. The molecule has 0 saturated carbocycles. The third-order valence-corrected chi connectivity index (χ3v) is 6.25. The molecule has 0 aliphatic carbocycles. The third kappa shape index (κ3) is 5.50. The average molecular weight is 533 g/mol. The maximum absolute atomic E-state index is 13.0. The molecule has 1 aliphatic rings. The number of esters is 1. The smallest absolute Gasteiger partial charge is 0.344 e. The van der Waals surface area contributed by atoms with E-state index >= 15 is 0 Å². The molecule has 3 rings (SSSR count). The molecule has 32 heavy (non-hydrogen) atoms. The number of thiocarbonyl (C=S) groups is 1. The molecule has 6 nitrogen and oxygen atoms in total. The number of benzene rings is 2. The molecule has 0 radical (unpaired) electrons. The van der Waals surface area contributed by atoms with Crippen LogP contribution in [0.25, 0.3) is 6.08 Å². The van der Waals surface area contributed by atoms with E-state index in [1.807, 2.05) is 0 Å². The molecule has 1 saturated heterocycles. The van der Waals surface area contributed by atoms with E-state index in [-0.39, 0.29) is 29.9 Å². The van der Waals surface area contributed by atoms with E-state index in [9.17, 15) is 9.59 Å². The lowest BCUT2D eigenvalue weighted by Crippen LogP contribution is -2.27. The predicted molar refractivity (Wildman–Crippen MR) is 132 cm³/mol. The van der Waals surface area contributed by atoms with Crippen LogP contribution in [-0.4, -0.2) is 36.5 Å². The van der Waals surface area contributed by atoms with Gasteiger partial charge in [-0.1, -0.05) is 58.8 Å². The van der Waals surface area contributed by atoms with Crippen molar-refractivity contribution in [1.82, 2.24) is 0 Å². The molecule has 168 valence electrons. The number of nitrogens with zero attached hydrogens (tertiary/aromatic N) is 1. The zero-order valence-corrected chi connectivity index (χ0v) is 20.7. The van der Waals surface area contributed by atoms with Gasteiger partial charge in [-0.15, -0.1) is 0 Å². The minimum Gasteiger partial charge on any atom is -0.493 e. The van der Waals surface area contributed by atoms with Gasteiger partial charge in [0.15, 0.2) is 22.4 Å². The fourth-order valence-corrected chi connectivity index (χ4v) is 4.84. The van der Waals surface area contributed by atoms with Crippen molar-refractivity contribution >= 4 is 86.7 Å². The fourth-order valence-electron chi connectivity index (χ4n) is 2.79. The molecular formula is C21H16Cl3NO5S2. The first-order valence-electron chi connectivity index (χ1n) is 9.14. The summed E-state index contributed by atoms with van der Waals surface area (Å²) in [5.74, 6) is -0.370. The molecule has 0 bridgehead atoms. The molecule has 1 amide bonds. The summed E-state index contributed by atoms with van der Waals surface area (Å²) in [6.07, 6.45) is 1.63. The second-order valence-corrected chi connectivity index (χ2v) is 9.17. The highest BCUT2D eigenvalue weighted by Gasteiger charge is 2.34. The Morgan fingerprint density at radius 1 is 1.19 bits per heavy atom. The lowest BCUT2D eigenvalue weighted by Gasteiger charge is -2.16. The van der Waals surface area contributed by atoms with Crippen molar-refractivity contribution in [2.24, 2.45) is 0 Å². The van der Waals surface area contributed by atoms with Crippen LogP contribution in [0.15, 0.2) is 35.2 Å². The Kier molecular flexibility index (Phi) is 8.30. The first-order valence-corrected chi connectivity index (χ1v) is 11.5. The summed E-state index contributed by atoms with van der Waals surface area (Å²) in [4.78, 5) is 26.3. The van der Waals surface area contributed by atoms with E-state index < -0.39 is 5.97 Å². The Bertz CT molecular complexity index is 1120. The molecule has 1 fully saturated rings. The van der Waals surface area contributed by atoms with Gasteiger partial charge >= 0.3 is 5.97 Å². The van der Waals surface area contributed by atoms with Gasteiger partial charge in [-0.25, -0.2) is 4.79 Å². The lowest BCUT2D eigenvalue weighted by molar-refractivity contribution is -0.145. The Labute approximate surface area is 209 Å². The molecular weight excluding hydrogens is 517 g/mol. The van der Waals surface area contributed by atoms with Gasteiger partial charge in [-0.2, -0.15) is 0 Å². The Balaban J connectivity index is 1.88. The number of carbonyl (C=O) groups excluding carboxylic acids is 2. The number of hydrogen-bond donors (Lipinski definition) is 0. The van der Waals surface area contributed by atoms with Gasteiger partial charge in [0, 0.05) is 5.02 Å². The third-order valence-electron chi connectivity index (χ3n) is 4.13. The number of thioether (sulfide) groups is 1. The number of rotatable bonds is 7. The summed E-state index contributed by atoms with van der Waals surface area (Å²) in [5.41, 5.74) is 1.03. The Hall–Kier alpha value is -1.97. The molecule has 2 aromatic carbocycles. The van der Waals surface area contributed by atoms with Crippen molar-refractivity contribution in [3.63, 3.8) is 0 Å². The predicted octanol–water partition coefficient (Wildman–Crippen LogP) is 6.00. The van der Waals surface area contributed by atoms with Crippen LogP contribution in [0, 0.1) is 0 Å². The number of hydrogen-bond acceptors (Lipinski definition) is 7. The number of methoxy groups -OCH3 is 1. The number of anilines is 1. The van der Waals surface area contributed by atoms with E-state index in [4.69, 9.17) is 61.2 Å². The SMILES string of the molecule is CCOC(=O)COc1c(Cl)cc(/C=C2/SC(=S)N(c3ccc(Cl)cc3Cl)C2=O)cc1OC. The van der Waals surface area contributed by atoms with Crippen LogP contribution >= 0.6 is 58.8 Å². The van der Waals surface area contributed by atoms with E-state index in [0.29, 0.717) is 36.3 Å². The van der Waals surface area contributed by atoms with E-state index in [0.717, 1.165) is 11.8 Å². The minimum absolute atomic E-state index is 0.194. The highest BCUT2D eigenvalue weighted by molar-refractivity contribution is 8.27. The normalized spacial score (nSPS) is 14.8. The van der Waals surface area contributed by atoms with Gasteiger partial charge in [0.25, 0.3) is 5.91 Å². The molecule has 0 spiro atoms. The monoisotopic (exact) mass is 531 g/mol. The molecule has 1 heterocycles. The maximum Gasteiger partial charge on any atom is 0.344 e. The molecule has 2 aromatic rings. The van der Waals surface area contributed by atoms with Gasteiger partial charge < -0.3 is 14.2 Å². The summed E-state index contributed by atoms with van der Waals surface area (Å²) >= 11 is 25.0. The van der Waals surface area contributed by atoms with Gasteiger partial charge in [-0.05, 0) is 48.9 Å². The summed E-state index contributed by atoms with van der Waals surface area (Å²) < 4.78 is 16.0. The average Bonchev–Trinajstić information content (AvgIpc) is 3.00. The van der Waals surface area contributed by atoms with Gasteiger partial charge in [-0.3, -0.25) is 9.69 Å². The van der Waals surface area contributed by atoms with Crippen molar-refractivity contribution in [2.75, 3.05) is 25.2 Å². The molecule has 11 heteroatoms. The summed E-state index contributed by atoms with van der Waals surface area (Å²) in [6, 6.07) is 8.03. The number of amides is 1. The number of ether oxygens (including phenoxy) is 3. The fraction of sp³-hybridized carbons (Fsp3) is 0.190. The molecule has 0 N–H and O–H groups in total. The lowest BCUT2D eigenvalue weighted by atomic mass is 10.1. The highest BCUT2D eigenvalue weighted by Crippen LogP contribution is 2.41. The van der Waals surface area contributed by atoms with Crippen LogP contribution in [0.2, 0.25) is 15.1 Å². The van der Waals surface area contributed by atoms with Crippen LogP contribution < -0.4 is 14.4 Å². The second-order valence-electron chi connectivity index (χ2n) is 6.24. The van der Waals surface area contributed by atoms with Crippen LogP contribution in [-0.2, 0) is 14.3 Å². The molecule has 0 unspecified atom stereocenters. The van der Waals surface area contributed by atoms with E-state index in [1.165, 1.54) is 12.0 Å². The molecule has 0 atom stereocenters. The Morgan fingerprint density at radius 3 is 2.59 bits per heavy atom. The maximum atomic E-state index is 13.0. The molecule has 1 aliphatic heterocycles. The van der Waals surface area contributed by atoms with E-state index in [1.54, 1.807) is 43.3 Å². The summed E-state index contributed by atoms with van der Waals surface area (Å²) in [7, 11) is 1.44. The van der Waals surface area contributed by atoms with Gasteiger partial charge in [0.2, 0.25) is 0 Å². The second kappa shape index (κ2) is 10.8. The standard InChI is InChI=1S/C21H16Cl3NO5S2/c1-3-29-18(26)10-30-19-14(24)6-11(7-16(19)28-2)8-17-20(27)25(21(31)32-17)15-5-4-12(22)9-13(15)23/h4-9H,3,10H2,1-2H3/b17-8+. The summed E-state index contributed by atoms with van der Waals surface area (Å²) in [6.45, 7) is 1.62. The topological polar surface area (TPSA) is 65.1 Å². The summed E-state index contributed by atoms with van der Waals surface area (Å²) in [5, 5.41) is 0.964. The minimum atomic E-state index is -0.528. The van der Waals surface area contributed by atoms with Gasteiger partial charge in [0.1, 0.15) is 0 Å². The highest BCUT2D eigenvalue weighted by atomic mass is 35.5. The van der Waals surface area contributed by atoms with Crippen LogP contribution in [0.3, 0.4) is 0 Å². The van der Waals surface area contributed by atoms with Crippen molar-refractivity contribution in [1.29, 1.82) is 0 Å². The number of halogens is 3. The van der Waals surface area contributed by atoms with Crippen molar-refractivity contribution in [3.8, 4) is 11.5 Å². The van der Waals surface area contributed by atoms with Crippen molar-refractivity contribution in [3.05, 3.63) is 55.9 Å². The molecule has 0 aromatic heterocycles. The van der Waals surface area contributed by atoms with Crippen LogP contribution in [0.1, 0.15) is 12.5 Å². The van der Waals surface area contributed by atoms with E-state index in [2.05, 4.69) is 0 Å². The van der Waals surface area contributed by atoms with Gasteiger partial charge in [0.05, 0.1) is 34.4 Å². The zero-order valence-electron chi connectivity index (χ0n) is 16.8. The largest absolute Gasteiger partial charge is 0.493 e. The van der Waals surface area contributed by atoms with Crippen LogP contribution in [0.4, 0.5) is 5.69 Å². The van der Waals surface area contributed by atoms with Crippen LogP contribution in [0.5, 0.6) is 11.5 Å². The quantitative estimate of drug-likeness (QED) is 0.246. The van der Waals surface area contributed by atoms with Crippen molar-refractivity contribution in [2.45, 2.75) is 6.92 Å². The Morgan fingerprint density at radius 2 is 1.94 bits per heavy atom. The first kappa shape index (κ1) is 24.7. The zero-order chi connectivity index (χ0) is 23.4. The van der Waals surface area contributed by atoms with Crippen molar-refractivity contribution < 1.29 is 23.8 Å².